The van der Waals surface area contributed by atoms with Gasteiger partial charge < -0.3 is 9.73 Å². The van der Waals surface area contributed by atoms with E-state index in [1.165, 1.54) is 11.8 Å². The highest BCUT2D eigenvalue weighted by Gasteiger charge is 2.07. The normalized spacial score (nSPS) is 10.2. The number of halogens is 1. The van der Waals surface area contributed by atoms with E-state index in [-0.39, 0.29) is 5.91 Å². The topological polar surface area (TPSA) is 42.2 Å². The smallest absolute Gasteiger partial charge is 0.286 e. The zero-order valence-electron chi connectivity index (χ0n) is 9.15. The number of rotatable bonds is 4. The molecule has 17 heavy (non-hydrogen) atoms. The van der Waals surface area contributed by atoms with Crippen molar-refractivity contribution >= 4 is 21.8 Å². The first-order valence-corrected chi connectivity index (χ1v) is 6.12. The molecule has 1 heterocycles. The van der Waals surface area contributed by atoms with Gasteiger partial charge in [0.15, 0.2) is 5.76 Å². The Labute approximate surface area is 108 Å². The second kappa shape index (κ2) is 5.68. The fourth-order valence-corrected chi connectivity index (χ4v) is 1.99. The lowest BCUT2D eigenvalue weighted by Gasteiger charge is -2.05. The van der Waals surface area contributed by atoms with E-state index in [0.717, 1.165) is 10.9 Å². The Hall–Kier alpha value is -1.55. The Bertz CT molecular complexity index is 494. The highest BCUT2D eigenvalue weighted by molar-refractivity contribution is 9.10. The van der Waals surface area contributed by atoms with Gasteiger partial charge in [0, 0.05) is 11.0 Å². The number of amides is 1. The minimum Gasteiger partial charge on any atom is -0.459 e. The molecule has 88 valence electrons. The molecule has 1 aromatic heterocycles. The Balaban J connectivity index is 1.84. The third-order valence-corrected chi connectivity index (χ3v) is 3.16. The fourth-order valence-electron chi connectivity index (χ4n) is 1.51. The number of hydrogen-bond donors (Lipinski definition) is 1. The summed E-state index contributed by atoms with van der Waals surface area (Å²) in [5.41, 5.74) is 1.17. The second-order valence-corrected chi connectivity index (χ2v) is 4.43. The standard InChI is InChI=1S/C13H12BrNO2/c14-11-5-2-1-4-10(11)7-8-15-13(16)12-6-3-9-17-12/h1-6,9H,7-8H2,(H,15,16). The van der Waals surface area contributed by atoms with Gasteiger partial charge in [-0.2, -0.15) is 0 Å². The van der Waals surface area contributed by atoms with Gasteiger partial charge in [-0.3, -0.25) is 4.79 Å². The number of benzene rings is 1. The van der Waals surface area contributed by atoms with E-state index in [0.29, 0.717) is 12.3 Å². The van der Waals surface area contributed by atoms with Gasteiger partial charge in [0.05, 0.1) is 6.26 Å². The summed E-state index contributed by atoms with van der Waals surface area (Å²) in [6.07, 6.45) is 2.27. The molecule has 0 saturated carbocycles. The van der Waals surface area contributed by atoms with Crippen LogP contribution >= 0.6 is 15.9 Å². The maximum atomic E-state index is 11.6. The Kier molecular flexibility index (Phi) is 3.98. The molecule has 0 aliphatic heterocycles. The molecule has 1 amide bonds. The third kappa shape index (κ3) is 3.20. The molecule has 0 aliphatic rings. The summed E-state index contributed by atoms with van der Waals surface area (Å²) < 4.78 is 6.06. The zero-order valence-corrected chi connectivity index (χ0v) is 10.7. The van der Waals surface area contributed by atoms with Crippen molar-refractivity contribution in [2.75, 3.05) is 6.54 Å². The molecule has 0 aliphatic carbocycles. The lowest BCUT2D eigenvalue weighted by atomic mass is 10.1. The van der Waals surface area contributed by atoms with Crippen molar-refractivity contribution in [1.29, 1.82) is 0 Å². The van der Waals surface area contributed by atoms with Gasteiger partial charge in [0.1, 0.15) is 0 Å². The van der Waals surface area contributed by atoms with Gasteiger partial charge in [-0.1, -0.05) is 34.1 Å². The minimum atomic E-state index is -0.179. The molecule has 1 aromatic carbocycles. The molecular weight excluding hydrogens is 282 g/mol. The monoisotopic (exact) mass is 293 g/mol. The van der Waals surface area contributed by atoms with Crippen LogP contribution in [0.1, 0.15) is 16.1 Å². The van der Waals surface area contributed by atoms with Crippen LogP contribution in [0.4, 0.5) is 0 Å². The molecule has 0 radical (unpaired) electrons. The van der Waals surface area contributed by atoms with E-state index in [2.05, 4.69) is 21.2 Å². The van der Waals surface area contributed by atoms with Gasteiger partial charge in [-0.15, -0.1) is 0 Å². The second-order valence-electron chi connectivity index (χ2n) is 3.57. The number of carbonyl (C=O) groups excluding carboxylic acids is 1. The van der Waals surface area contributed by atoms with Crippen molar-refractivity contribution in [3.8, 4) is 0 Å². The summed E-state index contributed by atoms with van der Waals surface area (Å²) in [4.78, 5) is 11.6. The summed E-state index contributed by atoms with van der Waals surface area (Å²) in [7, 11) is 0. The van der Waals surface area contributed by atoms with Crippen molar-refractivity contribution in [1.82, 2.24) is 5.32 Å². The first-order valence-electron chi connectivity index (χ1n) is 5.32. The summed E-state index contributed by atoms with van der Waals surface area (Å²) in [6, 6.07) is 11.3. The largest absolute Gasteiger partial charge is 0.459 e. The van der Waals surface area contributed by atoms with Crippen LogP contribution in [0.5, 0.6) is 0 Å². The van der Waals surface area contributed by atoms with Gasteiger partial charge in [0.25, 0.3) is 5.91 Å². The zero-order chi connectivity index (χ0) is 12.1. The first-order chi connectivity index (χ1) is 8.27. The lowest BCUT2D eigenvalue weighted by molar-refractivity contribution is 0.0926. The molecule has 1 N–H and O–H groups in total. The molecule has 0 bridgehead atoms. The molecule has 0 unspecified atom stereocenters. The van der Waals surface area contributed by atoms with Crippen molar-refractivity contribution in [2.45, 2.75) is 6.42 Å². The predicted molar refractivity (Wildman–Crippen MR) is 68.9 cm³/mol. The van der Waals surface area contributed by atoms with E-state index in [4.69, 9.17) is 4.42 Å². The SMILES string of the molecule is O=C(NCCc1ccccc1Br)c1ccco1. The molecular formula is C13H12BrNO2. The molecule has 0 fully saturated rings. The van der Waals surface area contributed by atoms with Gasteiger partial charge >= 0.3 is 0 Å². The van der Waals surface area contributed by atoms with Gasteiger partial charge in [-0.25, -0.2) is 0 Å². The van der Waals surface area contributed by atoms with Crippen LogP contribution in [-0.4, -0.2) is 12.5 Å². The average molecular weight is 294 g/mol. The lowest BCUT2D eigenvalue weighted by Crippen LogP contribution is -2.25. The number of furan rings is 1. The van der Waals surface area contributed by atoms with Crippen LogP contribution in [0.25, 0.3) is 0 Å². The molecule has 0 saturated heterocycles. The van der Waals surface area contributed by atoms with Crippen LogP contribution in [0, 0.1) is 0 Å². The molecule has 0 atom stereocenters. The summed E-state index contributed by atoms with van der Waals surface area (Å²) in [6.45, 7) is 0.585. The minimum absolute atomic E-state index is 0.179. The van der Waals surface area contributed by atoms with Crippen molar-refractivity contribution in [2.24, 2.45) is 0 Å². The van der Waals surface area contributed by atoms with E-state index < -0.39 is 0 Å². The van der Waals surface area contributed by atoms with Gasteiger partial charge in [-0.05, 0) is 30.2 Å². The van der Waals surface area contributed by atoms with Crippen molar-refractivity contribution in [3.05, 3.63) is 58.5 Å². The Morgan fingerprint density at radius 2 is 2.06 bits per heavy atom. The van der Waals surface area contributed by atoms with E-state index in [1.54, 1.807) is 12.1 Å². The Morgan fingerprint density at radius 1 is 1.24 bits per heavy atom. The van der Waals surface area contributed by atoms with Crippen molar-refractivity contribution < 1.29 is 9.21 Å². The van der Waals surface area contributed by atoms with Crippen LogP contribution < -0.4 is 5.32 Å². The molecule has 0 spiro atoms. The summed E-state index contributed by atoms with van der Waals surface area (Å²) in [5, 5.41) is 2.81. The average Bonchev–Trinajstić information content (AvgIpc) is 2.85. The number of nitrogens with one attached hydrogen (secondary N) is 1. The highest BCUT2D eigenvalue weighted by Crippen LogP contribution is 2.15. The number of hydrogen-bond acceptors (Lipinski definition) is 2. The summed E-state index contributed by atoms with van der Waals surface area (Å²) >= 11 is 3.47. The van der Waals surface area contributed by atoms with Crippen LogP contribution in [-0.2, 0) is 6.42 Å². The van der Waals surface area contributed by atoms with E-state index >= 15 is 0 Å². The van der Waals surface area contributed by atoms with Crippen molar-refractivity contribution in [3.63, 3.8) is 0 Å². The van der Waals surface area contributed by atoms with Crippen LogP contribution in [0.3, 0.4) is 0 Å². The molecule has 3 nitrogen and oxygen atoms in total. The fraction of sp³-hybridized carbons (Fsp3) is 0.154. The van der Waals surface area contributed by atoms with Crippen LogP contribution in [0.15, 0.2) is 51.6 Å². The van der Waals surface area contributed by atoms with E-state index in [9.17, 15) is 4.79 Å². The first kappa shape index (κ1) is 11.9. The van der Waals surface area contributed by atoms with Crippen LogP contribution in [0.2, 0.25) is 0 Å². The number of carbonyl (C=O) groups is 1. The maximum Gasteiger partial charge on any atom is 0.286 e. The highest BCUT2D eigenvalue weighted by atomic mass is 79.9. The summed E-state index contributed by atoms with van der Waals surface area (Å²) in [5.74, 6) is 0.166. The molecule has 2 aromatic rings. The third-order valence-electron chi connectivity index (χ3n) is 2.38. The van der Waals surface area contributed by atoms with Gasteiger partial charge in [0.2, 0.25) is 0 Å². The quantitative estimate of drug-likeness (QED) is 0.942. The predicted octanol–water partition coefficient (Wildman–Crippen LogP) is 3.01. The molecule has 4 heteroatoms. The van der Waals surface area contributed by atoms with E-state index in [1.807, 2.05) is 24.3 Å². The Morgan fingerprint density at radius 3 is 2.76 bits per heavy atom. The maximum absolute atomic E-state index is 11.6. The molecule has 2 rings (SSSR count).